The molecule has 0 aliphatic heterocycles. The van der Waals surface area contributed by atoms with Crippen molar-refractivity contribution < 1.29 is 9.72 Å². The van der Waals surface area contributed by atoms with Gasteiger partial charge in [0.1, 0.15) is 0 Å². The van der Waals surface area contributed by atoms with Gasteiger partial charge in [-0.2, -0.15) is 0 Å². The normalized spacial score (nSPS) is 10.0. The first-order valence-electron chi connectivity index (χ1n) is 4.29. The summed E-state index contributed by atoms with van der Waals surface area (Å²) in [4.78, 5) is 22.3. The number of amides is 1. The van der Waals surface area contributed by atoms with E-state index in [0.29, 0.717) is 22.8 Å². The van der Waals surface area contributed by atoms with Crippen molar-refractivity contribution in [1.29, 1.82) is 0 Å². The Hall–Kier alpha value is -1.47. The fourth-order valence-corrected chi connectivity index (χ4v) is 1.94. The van der Waals surface area contributed by atoms with Crippen molar-refractivity contribution in [1.82, 2.24) is 5.32 Å². The number of nitro groups is 1. The Bertz CT molecular complexity index is 388. The molecule has 0 radical (unpaired) electrons. The van der Waals surface area contributed by atoms with Crippen LogP contribution in [0.15, 0.2) is 6.07 Å². The van der Waals surface area contributed by atoms with Gasteiger partial charge in [-0.05, 0) is 6.92 Å². The summed E-state index contributed by atoms with van der Waals surface area (Å²) in [5.41, 5.74) is 5.20. The third-order valence-electron chi connectivity index (χ3n) is 1.74. The molecule has 0 aliphatic carbocycles. The summed E-state index contributed by atoms with van der Waals surface area (Å²) >= 11 is 1.11. The molecule has 0 spiro atoms. The van der Waals surface area contributed by atoms with E-state index in [4.69, 9.17) is 5.73 Å². The number of nitrogens with two attached hydrogens (primary N) is 1. The lowest BCUT2D eigenvalue weighted by Crippen LogP contribution is -2.28. The van der Waals surface area contributed by atoms with Crippen LogP contribution in [0.4, 0.5) is 5.69 Å². The van der Waals surface area contributed by atoms with Gasteiger partial charge in [0, 0.05) is 19.2 Å². The number of nitrogens with zero attached hydrogens (tertiary/aromatic N) is 1. The largest absolute Gasteiger partial charge is 0.350 e. The number of carbonyl (C=O) groups is 1. The summed E-state index contributed by atoms with van der Waals surface area (Å²) in [5, 5.41) is 13.1. The maximum absolute atomic E-state index is 11.4. The van der Waals surface area contributed by atoms with Crippen LogP contribution in [0.3, 0.4) is 0 Å². The molecule has 0 unspecified atom stereocenters. The van der Waals surface area contributed by atoms with E-state index in [9.17, 15) is 14.9 Å². The summed E-state index contributed by atoms with van der Waals surface area (Å²) in [7, 11) is 0. The average Bonchev–Trinajstić information content (AvgIpc) is 2.56. The molecular formula is C8H11N3O3S. The molecule has 0 aromatic carbocycles. The molecular weight excluding hydrogens is 218 g/mol. The van der Waals surface area contributed by atoms with Gasteiger partial charge in [0.25, 0.3) is 11.6 Å². The number of rotatable bonds is 4. The number of hydrogen-bond acceptors (Lipinski definition) is 5. The highest BCUT2D eigenvalue weighted by atomic mass is 32.1. The first-order chi connectivity index (χ1) is 7.06. The van der Waals surface area contributed by atoms with Crippen molar-refractivity contribution in [3.63, 3.8) is 0 Å². The smallest absolute Gasteiger partial charge is 0.283 e. The molecule has 6 nitrogen and oxygen atoms in total. The molecule has 0 aliphatic rings. The van der Waals surface area contributed by atoms with Crippen LogP contribution in [-0.4, -0.2) is 23.9 Å². The fraction of sp³-hybridized carbons (Fsp3) is 0.375. The Kier molecular flexibility index (Phi) is 3.75. The van der Waals surface area contributed by atoms with Crippen LogP contribution in [0, 0.1) is 17.0 Å². The molecule has 7 heteroatoms. The number of carbonyl (C=O) groups excluding carboxylic acids is 1. The minimum Gasteiger partial charge on any atom is -0.350 e. The lowest BCUT2D eigenvalue weighted by atomic mass is 10.3. The van der Waals surface area contributed by atoms with Gasteiger partial charge >= 0.3 is 0 Å². The van der Waals surface area contributed by atoms with E-state index in [-0.39, 0.29) is 11.6 Å². The molecule has 82 valence electrons. The SMILES string of the molecule is Cc1sc(C(=O)NCCN)cc1[N+](=O)[O-]. The number of aryl methyl sites for hydroxylation is 1. The molecule has 0 atom stereocenters. The second-order valence-corrected chi connectivity index (χ2v) is 4.11. The highest BCUT2D eigenvalue weighted by molar-refractivity contribution is 7.14. The monoisotopic (exact) mass is 229 g/mol. The fourth-order valence-electron chi connectivity index (χ4n) is 1.04. The van der Waals surface area contributed by atoms with E-state index in [1.54, 1.807) is 6.92 Å². The van der Waals surface area contributed by atoms with Crippen LogP contribution in [0.2, 0.25) is 0 Å². The maximum Gasteiger partial charge on any atom is 0.283 e. The molecule has 1 aromatic heterocycles. The molecule has 1 rings (SSSR count). The van der Waals surface area contributed by atoms with Crippen molar-refractivity contribution in [2.45, 2.75) is 6.92 Å². The molecule has 0 bridgehead atoms. The summed E-state index contributed by atoms with van der Waals surface area (Å²) in [6.07, 6.45) is 0. The minimum absolute atomic E-state index is 0.0158. The van der Waals surface area contributed by atoms with Gasteiger partial charge in [0.05, 0.1) is 14.7 Å². The second kappa shape index (κ2) is 4.85. The summed E-state index contributed by atoms with van der Waals surface area (Å²) in [6, 6.07) is 1.28. The highest BCUT2D eigenvalue weighted by Gasteiger charge is 2.18. The lowest BCUT2D eigenvalue weighted by Gasteiger charge is -1.98. The zero-order valence-corrected chi connectivity index (χ0v) is 8.97. The van der Waals surface area contributed by atoms with Gasteiger partial charge in [-0.25, -0.2) is 0 Å². The first kappa shape index (κ1) is 11.6. The van der Waals surface area contributed by atoms with Crippen LogP contribution in [0.1, 0.15) is 14.5 Å². The molecule has 1 amide bonds. The van der Waals surface area contributed by atoms with Crippen molar-refractivity contribution in [3.05, 3.63) is 25.9 Å². The standard InChI is InChI=1S/C8H11N3O3S/c1-5-6(11(13)14)4-7(15-5)8(12)10-3-2-9/h4H,2-3,9H2,1H3,(H,10,12). The molecule has 0 fully saturated rings. The predicted molar refractivity (Wildman–Crippen MR) is 57.1 cm³/mol. The van der Waals surface area contributed by atoms with Gasteiger partial charge < -0.3 is 11.1 Å². The van der Waals surface area contributed by atoms with Gasteiger partial charge in [0.15, 0.2) is 0 Å². The molecule has 0 saturated carbocycles. The Morgan fingerprint density at radius 3 is 2.87 bits per heavy atom. The number of nitrogens with one attached hydrogen (secondary N) is 1. The quantitative estimate of drug-likeness (QED) is 0.585. The van der Waals surface area contributed by atoms with E-state index < -0.39 is 4.92 Å². The molecule has 1 heterocycles. The number of hydrogen-bond donors (Lipinski definition) is 2. The summed E-state index contributed by atoms with van der Waals surface area (Å²) in [5.74, 6) is -0.318. The van der Waals surface area contributed by atoms with Crippen LogP contribution in [0.5, 0.6) is 0 Å². The minimum atomic E-state index is -0.494. The predicted octanol–water partition coefficient (Wildman–Crippen LogP) is 0.653. The van der Waals surface area contributed by atoms with E-state index in [2.05, 4.69) is 5.32 Å². The maximum atomic E-state index is 11.4. The third kappa shape index (κ3) is 2.74. The van der Waals surface area contributed by atoms with Crippen molar-refractivity contribution in [3.8, 4) is 0 Å². The van der Waals surface area contributed by atoms with Gasteiger partial charge in [-0.15, -0.1) is 11.3 Å². The van der Waals surface area contributed by atoms with Crippen LogP contribution < -0.4 is 11.1 Å². The molecule has 3 N–H and O–H groups in total. The Morgan fingerprint density at radius 2 is 2.40 bits per heavy atom. The Balaban J connectivity index is 2.83. The van der Waals surface area contributed by atoms with Crippen molar-refractivity contribution in [2.75, 3.05) is 13.1 Å². The topological polar surface area (TPSA) is 98.3 Å². The average molecular weight is 229 g/mol. The van der Waals surface area contributed by atoms with Crippen molar-refractivity contribution in [2.24, 2.45) is 5.73 Å². The van der Waals surface area contributed by atoms with Crippen LogP contribution in [-0.2, 0) is 0 Å². The van der Waals surface area contributed by atoms with Crippen LogP contribution >= 0.6 is 11.3 Å². The van der Waals surface area contributed by atoms with Crippen LogP contribution in [0.25, 0.3) is 0 Å². The van der Waals surface area contributed by atoms with Crippen molar-refractivity contribution >= 4 is 22.9 Å². The zero-order chi connectivity index (χ0) is 11.4. The summed E-state index contributed by atoms with van der Waals surface area (Å²) < 4.78 is 0. The Morgan fingerprint density at radius 1 is 1.73 bits per heavy atom. The summed E-state index contributed by atoms with van der Waals surface area (Å²) in [6.45, 7) is 2.32. The van der Waals surface area contributed by atoms with Gasteiger partial charge in [-0.1, -0.05) is 0 Å². The molecule has 15 heavy (non-hydrogen) atoms. The van der Waals surface area contributed by atoms with E-state index in [0.717, 1.165) is 11.3 Å². The van der Waals surface area contributed by atoms with E-state index in [1.807, 2.05) is 0 Å². The molecule has 0 saturated heterocycles. The van der Waals surface area contributed by atoms with Gasteiger partial charge in [-0.3, -0.25) is 14.9 Å². The van der Waals surface area contributed by atoms with Gasteiger partial charge in [0.2, 0.25) is 0 Å². The van der Waals surface area contributed by atoms with E-state index >= 15 is 0 Å². The van der Waals surface area contributed by atoms with E-state index in [1.165, 1.54) is 6.07 Å². The lowest BCUT2D eigenvalue weighted by molar-refractivity contribution is -0.385. The first-order valence-corrected chi connectivity index (χ1v) is 5.11. The zero-order valence-electron chi connectivity index (χ0n) is 8.15. The highest BCUT2D eigenvalue weighted by Crippen LogP contribution is 2.27. The second-order valence-electron chi connectivity index (χ2n) is 2.85. The molecule has 1 aromatic rings. The third-order valence-corrected chi connectivity index (χ3v) is 2.78. The Labute approximate surface area is 90.2 Å². The number of thiophene rings is 1.